The van der Waals surface area contributed by atoms with Crippen LogP contribution in [0.1, 0.15) is 18.4 Å². The highest BCUT2D eigenvalue weighted by molar-refractivity contribution is 6.08. The highest BCUT2D eigenvalue weighted by atomic mass is 16.4. The zero-order valence-electron chi connectivity index (χ0n) is 9.68. The van der Waals surface area contributed by atoms with E-state index in [0.29, 0.717) is 18.7 Å². The van der Waals surface area contributed by atoms with Gasteiger partial charge in [0.15, 0.2) is 0 Å². The van der Waals surface area contributed by atoms with E-state index < -0.39 is 0 Å². The van der Waals surface area contributed by atoms with Gasteiger partial charge in [0.05, 0.1) is 11.4 Å². The Morgan fingerprint density at radius 1 is 1.47 bits per heavy atom. The van der Waals surface area contributed by atoms with Gasteiger partial charge < -0.3 is 10.5 Å². The second kappa shape index (κ2) is 4.86. The van der Waals surface area contributed by atoms with E-state index in [9.17, 15) is 4.79 Å². The van der Waals surface area contributed by atoms with Crippen LogP contribution in [0.15, 0.2) is 29.4 Å². The molecule has 0 aliphatic carbocycles. The molecule has 17 heavy (non-hydrogen) atoms. The van der Waals surface area contributed by atoms with Crippen LogP contribution in [-0.4, -0.2) is 30.5 Å². The van der Waals surface area contributed by atoms with Gasteiger partial charge in [-0.15, -0.1) is 0 Å². The summed E-state index contributed by atoms with van der Waals surface area (Å²) in [7, 11) is 1.61. The molecule has 1 aromatic carbocycles. The summed E-state index contributed by atoms with van der Waals surface area (Å²) in [5.74, 6) is 0. The van der Waals surface area contributed by atoms with Gasteiger partial charge in [-0.25, -0.2) is 4.79 Å². The van der Waals surface area contributed by atoms with Gasteiger partial charge in [0, 0.05) is 19.2 Å². The third kappa shape index (κ3) is 2.08. The lowest BCUT2D eigenvalue weighted by Gasteiger charge is -2.21. The molecule has 0 aromatic heterocycles. The number of rotatable bonds is 0. The van der Waals surface area contributed by atoms with Gasteiger partial charge in [0.2, 0.25) is 0 Å². The van der Waals surface area contributed by atoms with E-state index in [4.69, 9.17) is 5.21 Å². The normalized spacial score (nSPS) is 17.5. The molecule has 5 nitrogen and oxygen atoms in total. The average molecular weight is 233 g/mol. The van der Waals surface area contributed by atoms with Crippen LogP contribution in [0, 0.1) is 0 Å². The topological polar surface area (TPSA) is 64.9 Å². The van der Waals surface area contributed by atoms with Gasteiger partial charge in [-0.3, -0.25) is 4.90 Å². The average Bonchev–Trinajstić information content (AvgIpc) is 2.57. The quantitative estimate of drug-likeness (QED) is 0.530. The molecule has 0 spiro atoms. The zero-order valence-corrected chi connectivity index (χ0v) is 9.68. The minimum atomic E-state index is -0.142. The number of amides is 2. The van der Waals surface area contributed by atoms with Gasteiger partial charge in [-0.1, -0.05) is 23.4 Å². The van der Waals surface area contributed by atoms with E-state index >= 15 is 0 Å². The van der Waals surface area contributed by atoms with Gasteiger partial charge in [0.1, 0.15) is 0 Å². The summed E-state index contributed by atoms with van der Waals surface area (Å²) in [4.78, 5) is 13.5. The first-order chi connectivity index (χ1) is 8.27. The molecule has 0 fully saturated rings. The highest BCUT2D eigenvalue weighted by Crippen LogP contribution is 2.26. The number of hydrogen-bond acceptors (Lipinski definition) is 3. The number of fused-ring (bicyclic) bond motifs is 1. The molecule has 2 rings (SSSR count). The summed E-state index contributed by atoms with van der Waals surface area (Å²) >= 11 is 0. The second-order valence-corrected chi connectivity index (χ2v) is 3.87. The van der Waals surface area contributed by atoms with Crippen molar-refractivity contribution in [1.29, 1.82) is 0 Å². The fraction of sp³-hybridized carbons (Fsp3) is 0.333. The Kier molecular flexibility index (Phi) is 3.27. The zero-order chi connectivity index (χ0) is 12.3. The molecule has 1 aliphatic heterocycles. The van der Waals surface area contributed by atoms with Crippen molar-refractivity contribution in [2.75, 3.05) is 18.5 Å². The van der Waals surface area contributed by atoms with Crippen LogP contribution < -0.4 is 10.2 Å². The van der Waals surface area contributed by atoms with E-state index in [1.807, 2.05) is 24.3 Å². The third-order valence-corrected chi connectivity index (χ3v) is 2.88. The molecule has 0 saturated carbocycles. The summed E-state index contributed by atoms with van der Waals surface area (Å²) in [6.07, 6.45) is 1.45. The predicted octanol–water partition coefficient (Wildman–Crippen LogP) is 1.80. The summed E-state index contributed by atoms with van der Waals surface area (Å²) in [6.45, 7) is 0.621. The number of oxime groups is 1. The molecule has 2 amide bonds. The number of carbonyl (C=O) groups excluding carboxylic acids is 1. The van der Waals surface area contributed by atoms with Crippen LogP contribution in [0.5, 0.6) is 0 Å². The van der Waals surface area contributed by atoms with Crippen LogP contribution >= 0.6 is 0 Å². The first kappa shape index (κ1) is 11.4. The van der Waals surface area contributed by atoms with Crippen LogP contribution in [0.25, 0.3) is 0 Å². The van der Waals surface area contributed by atoms with Gasteiger partial charge >= 0.3 is 6.03 Å². The molecule has 0 saturated heterocycles. The Labute approximate surface area is 99.7 Å². The first-order valence-corrected chi connectivity index (χ1v) is 5.57. The van der Waals surface area contributed by atoms with Gasteiger partial charge in [0.25, 0.3) is 0 Å². The first-order valence-electron chi connectivity index (χ1n) is 5.57. The van der Waals surface area contributed by atoms with Gasteiger partial charge in [-0.2, -0.15) is 0 Å². The van der Waals surface area contributed by atoms with Crippen molar-refractivity contribution in [2.45, 2.75) is 12.8 Å². The number of anilines is 1. The minimum absolute atomic E-state index is 0.142. The van der Waals surface area contributed by atoms with Crippen molar-refractivity contribution in [3.8, 4) is 0 Å². The fourth-order valence-corrected chi connectivity index (χ4v) is 2.06. The van der Waals surface area contributed by atoms with E-state index in [0.717, 1.165) is 17.7 Å². The number of nitrogens with zero attached hydrogens (tertiary/aromatic N) is 2. The van der Waals surface area contributed by atoms with Crippen molar-refractivity contribution in [3.63, 3.8) is 0 Å². The lowest BCUT2D eigenvalue weighted by atomic mass is 10.1. The molecule has 5 heteroatoms. The Morgan fingerprint density at radius 2 is 2.24 bits per heavy atom. The molecule has 2 N–H and O–H groups in total. The standard InChI is InChI=1S/C12H15N3O2/c1-13-12(16)15-8-4-6-10(14-17)9-5-2-3-7-11(9)15/h2-3,5,7,17H,4,6,8H2,1H3,(H,13,16)/b14-10-. The van der Waals surface area contributed by atoms with Crippen molar-refractivity contribution >= 4 is 17.4 Å². The fourth-order valence-electron chi connectivity index (χ4n) is 2.06. The number of hydrogen-bond donors (Lipinski definition) is 2. The molecule has 1 aromatic rings. The van der Waals surface area contributed by atoms with Crippen molar-refractivity contribution < 1.29 is 10.0 Å². The monoisotopic (exact) mass is 233 g/mol. The molecular weight excluding hydrogens is 218 g/mol. The number of carbonyl (C=O) groups is 1. The van der Waals surface area contributed by atoms with Crippen LogP contribution in [0.2, 0.25) is 0 Å². The lowest BCUT2D eigenvalue weighted by Crippen LogP contribution is -2.38. The maximum atomic E-state index is 11.8. The Hall–Kier alpha value is -2.04. The van der Waals surface area contributed by atoms with Crippen LogP contribution in [-0.2, 0) is 0 Å². The number of benzene rings is 1. The summed E-state index contributed by atoms with van der Waals surface area (Å²) in [6, 6.07) is 7.33. The summed E-state index contributed by atoms with van der Waals surface area (Å²) < 4.78 is 0. The second-order valence-electron chi connectivity index (χ2n) is 3.87. The maximum absolute atomic E-state index is 11.8. The van der Waals surface area contributed by atoms with Crippen molar-refractivity contribution in [1.82, 2.24) is 5.32 Å². The Bertz CT molecular complexity index is 457. The predicted molar refractivity (Wildman–Crippen MR) is 65.8 cm³/mol. The van der Waals surface area contributed by atoms with Crippen LogP contribution in [0.3, 0.4) is 0 Å². The molecule has 0 bridgehead atoms. The van der Waals surface area contributed by atoms with Crippen LogP contribution in [0.4, 0.5) is 10.5 Å². The molecule has 0 radical (unpaired) electrons. The van der Waals surface area contributed by atoms with E-state index in [2.05, 4.69) is 10.5 Å². The van der Waals surface area contributed by atoms with E-state index in [-0.39, 0.29) is 6.03 Å². The molecule has 0 unspecified atom stereocenters. The largest absolute Gasteiger partial charge is 0.411 e. The molecule has 0 atom stereocenters. The molecule has 1 aliphatic rings. The lowest BCUT2D eigenvalue weighted by molar-refractivity contribution is 0.248. The Balaban J connectivity index is 2.50. The highest BCUT2D eigenvalue weighted by Gasteiger charge is 2.23. The molecule has 90 valence electrons. The van der Waals surface area contributed by atoms with Gasteiger partial charge in [-0.05, 0) is 18.9 Å². The third-order valence-electron chi connectivity index (χ3n) is 2.88. The summed E-state index contributed by atoms with van der Waals surface area (Å²) in [5.41, 5.74) is 2.24. The van der Waals surface area contributed by atoms with E-state index in [1.165, 1.54) is 0 Å². The number of para-hydroxylation sites is 1. The van der Waals surface area contributed by atoms with Crippen molar-refractivity contribution in [2.24, 2.45) is 5.16 Å². The SMILES string of the molecule is CNC(=O)N1CCC/C(=N/O)c2ccccc21. The molecule has 1 heterocycles. The number of nitrogens with one attached hydrogen (secondary N) is 1. The summed E-state index contributed by atoms with van der Waals surface area (Å²) in [5, 5.41) is 15.0. The minimum Gasteiger partial charge on any atom is -0.411 e. The Morgan fingerprint density at radius 3 is 2.94 bits per heavy atom. The maximum Gasteiger partial charge on any atom is 0.321 e. The van der Waals surface area contributed by atoms with Crippen molar-refractivity contribution in [3.05, 3.63) is 29.8 Å². The molecular formula is C12H15N3O2. The smallest absolute Gasteiger partial charge is 0.321 e. The number of urea groups is 1. The van der Waals surface area contributed by atoms with E-state index in [1.54, 1.807) is 11.9 Å².